The molecule has 0 radical (unpaired) electrons. The summed E-state index contributed by atoms with van der Waals surface area (Å²) in [6.45, 7) is 4.85. The van der Waals surface area contributed by atoms with Crippen LogP contribution in [0.1, 0.15) is 49.8 Å². The number of hydrogen-bond acceptors (Lipinski definition) is 3. The van der Waals surface area contributed by atoms with Crippen LogP contribution in [0.3, 0.4) is 0 Å². The number of methoxy groups -OCH3 is 1. The zero-order chi connectivity index (χ0) is 12.8. The molecular formula is C14H23NO2. The summed E-state index contributed by atoms with van der Waals surface area (Å²) in [5.74, 6) is 1.27. The second-order valence-corrected chi connectivity index (χ2v) is 4.60. The zero-order valence-corrected chi connectivity index (χ0v) is 10.9. The number of aliphatic hydroxyl groups excluding tert-OH is 1. The topological polar surface area (TPSA) is 55.5 Å². The molecular weight excluding hydrogens is 214 g/mol. The molecule has 0 aliphatic carbocycles. The average molecular weight is 237 g/mol. The lowest BCUT2D eigenvalue weighted by Gasteiger charge is -2.16. The van der Waals surface area contributed by atoms with Gasteiger partial charge < -0.3 is 15.6 Å². The van der Waals surface area contributed by atoms with Gasteiger partial charge >= 0.3 is 0 Å². The monoisotopic (exact) mass is 237 g/mol. The van der Waals surface area contributed by atoms with Crippen LogP contribution in [0.15, 0.2) is 18.2 Å². The van der Waals surface area contributed by atoms with Crippen LogP contribution in [0.2, 0.25) is 0 Å². The molecule has 0 saturated heterocycles. The number of hydrogen-bond donors (Lipinski definition) is 2. The number of rotatable bonds is 6. The predicted octanol–water partition coefficient (Wildman–Crippen LogP) is 2.59. The summed E-state index contributed by atoms with van der Waals surface area (Å²) in [6, 6.07) is 5.88. The van der Waals surface area contributed by atoms with E-state index in [0.29, 0.717) is 18.9 Å². The van der Waals surface area contributed by atoms with Crippen LogP contribution in [0.5, 0.6) is 5.75 Å². The molecule has 0 bridgehead atoms. The maximum atomic E-state index is 10.0. The minimum Gasteiger partial charge on any atom is -0.496 e. The first-order chi connectivity index (χ1) is 8.10. The standard InChI is InChI=1S/C14H23NO2/c1-10(2)12-9-11(6-7-14(12)17-3)13(16)5-4-8-15/h6-7,9-10,13,16H,4-5,8,15H2,1-3H3. The van der Waals surface area contributed by atoms with E-state index in [0.717, 1.165) is 23.3 Å². The summed E-state index contributed by atoms with van der Waals surface area (Å²) in [6.07, 6.45) is 1.12. The van der Waals surface area contributed by atoms with Gasteiger partial charge in [0.1, 0.15) is 5.75 Å². The van der Waals surface area contributed by atoms with Gasteiger partial charge in [-0.25, -0.2) is 0 Å². The van der Waals surface area contributed by atoms with Crippen molar-refractivity contribution >= 4 is 0 Å². The molecule has 0 fully saturated rings. The van der Waals surface area contributed by atoms with E-state index in [2.05, 4.69) is 13.8 Å². The predicted molar refractivity (Wildman–Crippen MR) is 70.3 cm³/mol. The van der Waals surface area contributed by atoms with Crippen LogP contribution in [0.4, 0.5) is 0 Å². The maximum Gasteiger partial charge on any atom is 0.122 e. The van der Waals surface area contributed by atoms with E-state index >= 15 is 0 Å². The number of aliphatic hydroxyl groups is 1. The molecule has 0 aromatic heterocycles. The van der Waals surface area contributed by atoms with Gasteiger partial charge in [0.2, 0.25) is 0 Å². The molecule has 1 rings (SSSR count). The molecule has 3 nitrogen and oxygen atoms in total. The van der Waals surface area contributed by atoms with Gasteiger partial charge in [0.05, 0.1) is 13.2 Å². The molecule has 17 heavy (non-hydrogen) atoms. The molecule has 3 heteroatoms. The van der Waals surface area contributed by atoms with Gasteiger partial charge in [-0.15, -0.1) is 0 Å². The molecule has 1 atom stereocenters. The second-order valence-electron chi connectivity index (χ2n) is 4.60. The molecule has 0 aliphatic rings. The van der Waals surface area contributed by atoms with Crippen LogP contribution >= 0.6 is 0 Å². The van der Waals surface area contributed by atoms with E-state index in [1.807, 2.05) is 18.2 Å². The van der Waals surface area contributed by atoms with Crippen LogP contribution in [0, 0.1) is 0 Å². The van der Waals surface area contributed by atoms with Gasteiger partial charge in [-0.1, -0.05) is 19.9 Å². The van der Waals surface area contributed by atoms with Crippen molar-refractivity contribution in [3.8, 4) is 5.75 Å². The summed E-state index contributed by atoms with van der Waals surface area (Å²) in [5.41, 5.74) is 7.53. The molecule has 3 N–H and O–H groups in total. The van der Waals surface area contributed by atoms with Crippen molar-refractivity contribution in [1.29, 1.82) is 0 Å². The Hall–Kier alpha value is -1.06. The fraction of sp³-hybridized carbons (Fsp3) is 0.571. The van der Waals surface area contributed by atoms with Crippen molar-refractivity contribution in [2.24, 2.45) is 5.73 Å². The molecule has 1 unspecified atom stereocenters. The van der Waals surface area contributed by atoms with E-state index in [4.69, 9.17) is 10.5 Å². The summed E-state index contributed by atoms with van der Waals surface area (Å²) in [7, 11) is 1.67. The van der Waals surface area contributed by atoms with E-state index in [9.17, 15) is 5.11 Å². The lowest BCUT2D eigenvalue weighted by atomic mass is 9.96. The molecule has 0 amide bonds. The first-order valence-electron chi connectivity index (χ1n) is 6.16. The van der Waals surface area contributed by atoms with E-state index in [1.54, 1.807) is 7.11 Å². The highest BCUT2D eigenvalue weighted by Gasteiger charge is 2.12. The Morgan fingerprint density at radius 1 is 1.35 bits per heavy atom. The van der Waals surface area contributed by atoms with Crippen molar-refractivity contribution in [1.82, 2.24) is 0 Å². The van der Waals surface area contributed by atoms with Gasteiger partial charge in [-0.3, -0.25) is 0 Å². The molecule has 1 aromatic carbocycles. The third-order valence-corrected chi connectivity index (χ3v) is 2.94. The van der Waals surface area contributed by atoms with Crippen molar-refractivity contribution in [3.05, 3.63) is 29.3 Å². The van der Waals surface area contributed by atoms with Gasteiger partial charge in [0.25, 0.3) is 0 Å². The van der Waals surface area contributed by atoms with Gasteiger partial charge in [-0.05, 0) is 48.6 Å². The van der Waals surface area contributed by atoms with Crippen LogP contribution in [0.25, 0.3) is 0 Å². The summed E-state index contributed by atoms with van der Waals surface area (Å²) in [4.78, 5) is 0. The Kier molecular flexibility index (Phi) is 5.45. The molecule has 1 aromatic rings. The van der Waals surface area contributed by atoms with Crippen molar-refractivity contribution in [2.45, 2.75) is 38.7 Å². The molecule has 96 valence electrons. The summed E-state index contributed by atoms with van der Waals surface area (Å²) >= 11 is 0. The minimum atomic E-state index is -0.429. The van der Waals surface area contributed by atoms with E-state index in [1.165, 1.54) is 0 Å². The van der Waals surface area contributed by atoms with Crippen molar-refractivity contribution in [3.63, 3.8) is 0 Å². The molecule has 0 saturated carbocycles. The normalized spacial score (nSPS) is 12.8. The Morgan fingerprint density at radius 3 is 2.59 bits per heavy atom. The third kappa shape index (κ3) is 3.72. The summed E-state index contributed by atoms with van der Waals surface area (Å²) in [5, 5.41) is 10.0. The lowest BCUT2D eigenvalue weighted by molar-refractivity contribution is 0.165. The Bertz CT molecular complexity index is 350. The van der Waals surface area contributed by atoms with Gasteiger partial charge in [0.15, 0.2) is 0 Å². The number of benzene rings is 1. The first-order valence-corrected chi connectivity index (χ1v) is 6.16. The fourth-order valence-electron chi connectivity index (χ4n) is 1.89. The van der Waals surface area contributed by atoms with E-state index in [-0.39, 0.29) is 0 Å². The minimum absolute atomic E-state index is 0.381. The highest BCUT2D eigenvalue weighted by atomic mass is 16.5. The van der Waals surface area contributed by atoms with Crippen LogP contribution in [-0.4, -0.2) is 18.8 Å². The largest absolute Gasteiger partial charge is 0.496 e. The molecule has 0 heterocycles. The second kappa shape index (κ2) is 6.62. The third-order valence-electron chi connectivity index (χ3n) is 2.94. The number of nitrogens with two attached hydrogens (primary N) is 1. The van der Waals surface area contributed by atoms with E-state index < -0.39 is 6.10 Å². The van der Waals surface area contributed by atoms with Crippen molar-refractivity contribution in [2.75, 3.05) is 13.7 Å². The Morgan fingerprint density at radius 2 is 2.06 bits per heavy atom. The Labute approximate surface area is 104 Å². The lowest BCUT2D eigenvalue weighted by Crippen LogP contribution is -2.05. The quantitative estimate of drug-likeness (QED) is 0.799. The average Bonchev–Trinajstić information content (AvgIpc) is 2.34. The fourth-order valence-corrected chi connectivity index (χ4v) is 1.89. The molecule has 0 aliphatic heterocycles. The zero-order valence-electron chi connectivity index (χ0n) is 10.9. The summed E-state index contributed by atoms with van der Waals surface area (Å²) < 4.78 is 5.32. The number of ether oxygens (including phenoxy) is 1. The van der Waals surface area contributed by atoms with Gasteiger partial charge in [0, 0.05) is 0 Å². The van der Waals surface area contributed by atoms with Crippen molar-refractivity contribution < 1.29 is 9.84 Å². The Balaban J connectivity index is 2.91. The van der Waals surface area contributed by atoms with Crippen LogP contribution < -0.4 is 10.5 Å². The maximum absolute atomic E-state index is 10.0. The molecule has 0 spiro atoms. The van der Waals surface area contributed by atoms with Crippen LogP contribution in [-0.2, 0) is 0 Å². The highest BCUT2D eigenvalue weighted by Crippen LogP contribution is 2.30. The smallest absolute Gasteiger partial charge is 0.122 e. The van der Waals surface area contributed by atoms with Gasteiger partial charge in [-0.2, -0.15) is 0 Å². The highest BCUT2D eigenvalue weighted by molar-refractivity contribution is 5.40. The first kappa shape index (κ1) is 14.0. The SMILES string of the molecule is COc1ccc(C(O)CCCN)cc1C(C)C.